The van der Waals surface area contributed by atoms with Crippen molar-refractivity contribution < 1.29 is 27.9 Å². The van der Waals surface area contributed by atoms with E-state index in [2.05, 4.69) is 0 Å². The summed E-state index contributed by atoms with van der Waals surface area (Å²) in [6.07, 6.45) is -3.84. The van der Waals surface area contributed by atoms with Crippen LogP contribution in [-0.2, 0) is 22.3 Å². The van der Waals surface area contributed by atoms with Crippen molar-refractivity contribution in [3.63, 3.8) is 0 Å². The number of carbonyl (C=O) groups excluding carboxylic acids is 2. The minimum absolute atomic E-state index is 0.0403. The zero-order chi connectivity index (χ0) is 19.3. The number of benzene rings is 1. The number of likely N-dealkylation sites (N-methyl/N-ethyl adjacent to an activating group) is 1. The maximum absolute atomic E-state index is 12.8. The quantitative estimate of drug-likeness (QED) is 0.834. The van der Waals surface area contributed by atoms with Crippen molar-refractivity contribution in [3.8, 4) is 0 Å². The number of piperidine rings is 1. The molecule has 1 saturated heterocycles. The third-order valence-electron chi connectivity index (χ3n) is 4.54. The van der Waals surface area contributed by atoms with Gasteiger partial charge in [-0.05, 0) is 31.0 Å². The van der Waals surface area contributed by atoms with Crippen molar-refractivity contribution in [2.75, 3.05) is 26.2 Å². The van der Waals surface area contributed by atoms with Gasteiger partial charge >= 0.3 is 6.18 Å². The third kappa shape index (κ3) is 4.97. The number of aliphatic hydroxyl groups is 1. The van der Waals surface area contributed by atoms with Gasteiger partial charge in [0.15, 0.2) is 0 Å². The second-order valence-corrected chi connectivity index (χ2v) is 6.35. The van der Waals surface area contributed by atoms with Gasteiger partial charge < -0.3 is 14.9 Å². The van der Waals surface area contributed by atoms with E-state index in [9.17, 15) is 22.8 Å². The molecule has 8 heteroatoms. The molecule has 2 amide bonds. The van der Waals surface area contributed by atoms with Crippen LogP contribution in [0.15, 0.2) is 24.3 Å². The molecule has 144 valence electrons. The molecule has 0 saturated carbocycles. The Hall–Kier alpha value is -2.09. The molecule has 0 radical (unpaired) electrons. The third-order valence-corrected chi connectivity index (χ3v) is 4.54. The lowest BCUT2D eigenvalue weighted by Crippen LogP contribution is -2.47. The Kier molecular flexibility index (Phi) is 6.63. The SMILES string of the molecule is CCN(CCO)C(=O)[C@H]1CCC(=O)N(Cc2cccc(C(F)(F)F)c2)C1. The molecular formula is C18H23F3N2O3. The van der Waals surface area contributed by atoms with E-state index in [0.717, 1.165) is 12.1 Å². The summed E-state index contributed by atoms with van der Waals surface area (Å²) in [5, 5.41) is 9.05. The summed E-state index contributed by atoms with van der Waals surface area (Å²) >= 11 is 0. The van der Waals surface area contributed by atoms with E-state index in [4.69, 9.17) is 5.11 Å². The van der Waals surface area contributed by atoms with E-state index < -0.39 is 17.7 Å². The highest BCUT2D eigenvalue weighted by molar-refractivity contribution is 5.83. The molecule has 0 bridgehead atoms. The van der Waals surface area contributed by atoms with Crippen molar-refractivity contribution in [1.29, 1.82) is 0 Å². The number of carbonyl (C=O) groups is 2. The van der Waals surface area contributed by atoms with E-state index in [0.29, 0.717) is 18.5 Å². The molecule has 1 N–H and O–H groups in total. The number of hydrogen-bond donors (Lipinski definition) is 1. The van der Waals surface area contributed by atoms with Gasteiger partial charge in [0.1, 0.15) is 0 Å². The Morgan fingerprint density at radius 2 is 2.12 bits per heavy atom. The van der Waals surface area contributed by atoms with Gasteiger partial charge in [0.2, 0.25) is 11.8 Å². The predicted octanol–water partition coefficient (Wildman–Crippen LogP) is 2.28. The van der Waals surface area contributed by atoms with Gasteiger partial charge in [-0.2, -0.15) is 13.2 Å². The van der Waals surface area contributed by atoms with Crippen molar-refractivity contribution in [1.82, 2.24) is 9.80 Å². The normalized spacial score (nSPS) is 18.1. The van der Waals surface area contributed by atoms with Crippen LogP contribution in [0.5, 0.6) is 0 Å². The molecule has 5 nitrogen and oxygen atoms in total. The van der Waals surface area contributed by atoms with Crippen LogP contribution in [0.25, 0.3) is 0 Å². The minimum Gasteiger partial charge on any atom is -0.395 e. The number of aliphatic hydroxyl groups excluding tert-OH is 1. The Balaban J connectivity index is 2.09. The molecule has 2 rings (SSSR count). The van der Waals surface area contributed by atoms with Crippen LogP contribution < -0.4 is 0 Å². The summed E-state index contributed by atoms with van der Waals surface area (Å²) in [6.45, 7) is 2.57. The van der Waals surface area contributed by atoms with Crippen molar-refractivity contribution in [3.05, 3.63) is 35.4 Å². The summed E-state index contributed by atoms with van der Waals surface area (Å²) in [7, 11) is 0. The smallest absolute Gasteiger partial charge is 0.395 e. The van der Waals surface area contributed by atoms with Crippen molar-refractivity contribution in [2.45, 2.75) is 32.5 Å². The highest BCUT2D eigenvalue weighted by atomic mass is 19.4. The zero-order valence-electron chi connectivity index (χ0n) is 14.6. The summed E-state index contributed by atoms with van der Waals surface area (Å²) in [4.78, 5) is 27.7. The topological polar surface area (TPSA) is 60.9 Å². The second kappa shape index (κ2) is 8.53. The first kappa shape index (κ1) is 20.2. The fourth-order valence-corrected chi connectivity index (χ4v) is 3.14. The molecule has 0 aromatic heterocycles. The lowest BCUT2D eigenvalue weighted by molar-refractivity contribution is -0.143. The average molecular weight is 372 g/mol. The number of hydrogen-bond acceptors (Lipinski definition) is 3. The van der Waals surface area contributed by atoms with E-state index in [1.807, 2.05) is 6.92 Å². The second-order valence-electron chi connectivity index (χ2n) is 6.35. The molecule has 0 spiro atoms. The Bertz CT molecular complexity index is 649. The van der Waals surface area contributed by atoms with Crippen LogP contribution in [-0.4, -0.2) is 53.0 Å². The fraction of sp³-hybridized carbons (Fsp3) is 0.556. The summed E-state index contributed by atoms with van der Waals surface area (Å²) < 4.78 is 38.5. The van der Waals surface area contributed by atoms with Gasteiger partial charge in [-0.15, -0.1) is 0 Å². The molecular weight excluding hydrogens is 349 g/mol. The van der Waals surface area contributed by atoms with Gasteiger partial charge in [0.05, 0.1) is 18.1 Å². The Morgan fingerprint density at radius 3 is 2.73 bits per heavy atom. The number of halogens is 3. The van der Waals surface area contributed by atoms with Crippen LogP contribution in [0.2, 0.25) is 0 Å². The first-order valence-electron chi connectivity index (χ1n) is 8.59. The van der Waals surface area contributed by atoms with E-state index >= 15 is 0 Å². The van der Waals surface area contributed by atoms with Gasteiger partial charge in [0.25, 0.3) is 0 Å². The van der Waals surface area contributed by atoms with E-state index in [1.54, 1.807) is 0 Å². The van der Waals surface area contributed by atoms with Crippen molar-refractivity contribution >= 4 is 11.8 Å². The molecule has 1 aromatic rings. The molecule has 26 heavy (non-hydrogen) atoms. The van der Waals surface area contributed by atoms with Crippen LogP contribution in [0, 0.1) is 5.92 Å². The number of likely N-dealkylation sites (tertiary alicyclic amines) is 1. The summed E-state index contributed by atoms with van der Waals surface area (Å²) in [6, 6.07) is 4.87. The summed E-state index contributed by atoms with van der Waals surface area (Å²) in [5.41, 5.74) is -0.379. The minimum atomic E-state index is -4.44. The molecule has 0 unspecified atom stereocenters. The predicted molar refractivity (Wildman–Crippen MR) is 88.9 cm³/mol. The maximum atomic E-state index is 12.8. The lowest BCUT2D eigenvalue weighted by Gasteiger charge is -2.34. The van der Waals surface area contributed by atoms with Crippen LogP contribution >= 0.6 is 0 Å². The van der Waals surface area contributed by atoms with Gasteiger partial charge in [0, 0.05) is 32.6 Å². The first-order valence-corrected chi connectivity index (χ1v) is 8.59. The molecule has 1 heterocycles. The number of nitrogens with zero attached hydrogens (tertiary/aromatic N) is 2. The monoisotopic (exact) mass is 372 g/mol. The lowest BCUT2D eigenvalue weighted by atomic mass is 9.95. The Labute approximate surface area is 150 Å². The molecule has 1 atom stereocenters. The molecule has 1 aromatic carbocycles. The van der Waals surface area contributed by atoms with E-state index in [-0.39, 0.29) is 44.5 Å². The van der Waals surface area contributed by atoms with Gasteiger partial charge in [-0.3, -0.25) is 9.59 Å². The van der Waals surface area contributed by atoms with Crippen molar-refractivity contribution in [2.24, 2.45) is 5.92 Å². The molecule has 1 fully saturated rings. The first-order chi connectivity index (χ1) is 12.3. The maximum Gasteiger partial charge on any atom is 0.416 e. The largest absolute Gasteiger partial charge is 0.416 e. The standard InChI is InChI=1S/C18H23F3N2O3/c1-2-22(8-9-24)17(26)14-6-7-16(25)23(12-14)11-13-4-3-5-15(10-13)18(19,20)21/h3-5,10,14,24H,2,6-9,11-12H2,1H3/t14-/m0/s1. The molecule has 1 aliphatic heterocycles. The van der Waals surface area contributed by atoms with Crippen LogP contribution in [0.1, 0.15) is 30.9 Å². The number of alkyl halides is 3. The van der Waals surface area contributed by atoms with Crippen LogP contribution in [0.4, 0.5) is 13.2 Å². The van der Waals surface area contributed by atoms with Crippen LogP contribution in [0.3, 0.4) is 0 Å². The number of rotatable bonds is 6. The molecule has 1 aliphatic rings. The molecule has 0 aliphatic carbocycles. The Morgan fingerprint density at radius 1 is 1.38 bits per heavy atom. The fourth-order valence-electron chi connectivity index (χ4n) is 3.14. The van der Waals surface area contributed by atoms with Gasteiger partial charge in [-0.25, -0.2) is 0 Å². The zero-order valence-corrected chi connectivity index (χ0v) is 14.6. The van der Waals surface area contributed by atoms with Gasteiger partial charge in [-0.1, -0.05) is 12.1 Å². The van der Waals surface area contributed by atoms with E-state index in [1.165, 1.54) is 21.9 Å². The average Bonchev–Trinajstić information content (AvgIpc) is 2.60. The number of amides is 2. The summed E-state index contributed by atoms with van der Waals surface area (Å²) in [5.74, 6) is -0.704. The highest BCUT2D eigenvalue weighted by Gasteiger charge is 2.33. The highest BCUT2D eigenvalue weighted by Crippen LogP contribution is 2.30.